The summed E-state index contributed by atoms with van der Waals surface area (Å²) in [7, 11) is 0. The number of hydrogen-bond acceptors (Lipinski definition) is 1. The molecule has 0 unspecified atom stereocenters. The molecule has 1 aliphatic carbocycles. The highest BCUT2D eigenvalue weighted by molar-refractivity contribution is 5.92. The second-order valence-electron chi connectivity index (χ2n) is 1.73. The van der Waals surface area contributed by atoms with Crippen molar-refractivity contribution in [2.24, 2.45) is 0 Å². The third-order valence-corrected chi connectivity index (χ3v) is 1.00. The van der Waals surface area contributed by atoms with Gasteiger partial charge < -0.3 is 0 Å². The molecule has 0 spiro atoms. The molecule has 0 saturated heterocycles. The highest BCUT2D eigenvalue weighted by atomic mass is 19.2. The van der Waals surface area contributed by atoms with Gasteiger partial charge >= 0.3 is 0 Å². The maximum Gasteiger partial charge on any atom is 0.162 e. The summed E-state index contributed by atoms with van der Waals surface area (Å²) >= 11 is 0. The number of hydrogen-bond donors (Lipinski definition) is 0. The van der Waals surface area contributed by atoms with Gasteiger partial charge in [-0.3, -0.25) is 4.79 Å². The summed E-state index contributed by atoms with van der Waals surface area (Å²) in [5, 5.41) is 0. The van der Waals surface area contributed by atoms with Crippen molar-refractivity contribution >= 4 is 5.78 Å². The lowest BCUT2D eigenvalue weighted by Gasteiger charge is -1.98. The second-order valence-corrected chi connectivity index (χ2v) is 1.73. The Labute approximate surface area is 50.7 Å². The average molecular weight is 130 g/mol. The Morgan fingerprint density at radius 2 is 2.00 bits per heavy atom. The quantitative estimate of drug-likeness (QED) is 0.487. The fourth-order valence-electron chi connectivity index (χ4n) is 0.553. The summed E-state index contributed by atoms with van der Waals surface area (Å²) in [4.78, 5) is 10.3. The van der Waals surface area contributed by atoms with Gasteiger partial charge in [0.2, 0.25) is 0 Å². The van der Waals surface area contributed by atoms with Gasteiger partial charge in [-0.2, -0.15) is 0 Å². The minimum Gasteiger partial charge on any atom is -0.294 e. The lowest BCUT2D eigenvalue weighted by atomic mass is 10.1. The lowest BCUT2D eigenvalue weighted by molar-refractivity contribution is -0.114. The second kappa shape index (κ2) is 2.09. The molecule has 0 atom stereocenters. The third kappa shape index (κ3) is 1.22. The number of carbonyl (C=O) groups excluding carboxylic acids is 1. The molecular weight excluding hydrogens is 126 g/mol. The molecule has 1 rings (SSSR count). The van der Waals surface area contributed by atoms with Gasteiger partial charge in [-0.05, 0) is 12.2 Å². The van der Waals surface area contributed by atoms with Gasteiger partial charge in [0, 0.05) is 0 Å². The monoisotopic (exact) mass is 130 g/mol. The van der Waals surface area contributed by atoms with Crippen LogP contribution in [0.4, 0.5) is 8.78 Å². The summed E-state index contributed by atoms with van der Waals surface area (Å²) in [5.41, 5.74) is 0. The van der Waals surface area contributed by atoms with E-state index in [0.717, 1.165) is 12.2 Å². The molecule has 48 valence electrons. The highest BCUT2D eigenvalue weighted by Gasteiger charge is 2.11. The van der Waals surface area contributed by atoms with Crippen LogP contribution >= 0.6 is 0 Å². The molecule has 1 aliphatic rings. The Bertz CT molecular complexity index is 203. The first kappa shape index (κ1) is 6.13. The van der Waals surface area contributed by atoms with E-state index in [-0.39, 0.29) is 0 Å². The van der Waals surface area contributed by atoms with Crippen LogP contribution in [-0.2, 0) is 4.79 Å². The standard InChI is InChI=1S/C6H4F2O/c7-5-2-1-4(9)3-6(5)8/h1-2H,3H2. The Balaban J connectivity index is 2.87. The van der Waals surface area contributed by atoms with E-state index in [4.69, 9.17) is 0 Å². The van der Waals surface area contributed by atoms with Gasteiger partial charge in [-0.15, -0.1) is 0 Å². The SMILES string of the molecule is O=C1C=CC(F)=C(F)C1. The average Bonchev–Trinajstić information content (AvgIpc) is 1.80. The van der Waals surface area contributed by atoms with Crippen molar-refractivity contribution < 1.29 is 13.6 Å². The Hall–Kier alpha value is -0.990. The van der Waals surface area contributed by atoms with Crippen molar-refractivity contribution in [1.82, 2.24) is 0 Å². The highest BCUT2D eigenvalue weighted by Crippen LogP contribution is 2.17. The molecule has 1 nitrogen and oxygen atoms in total. The maximum atomic E-state index is 12.1. The van der Waals surface area contributed by atoms with Gasteiger partial charge in [0.25, 0.3) is 0 Å². The molecule has 0 amide bonds. The van der Waals surface area contributed by atoms with E-state index in [0.29, 0.717) is 0 Å². The van der Waals surface area contributed by atoms with E-state index in [1.54, 1.807) is 0 Å². The minimum absolute atomic E-state index is 0.395. The predicted molar refractivity (Wildman–Crippen MR) is 28.0 cm³/mol. The Morgan fingerprint density at radius 3 is 2.44 bits per heavy atom. The Kier molecular flexibility index (Phi) is 1.42. The molecule has 0 radical (unpaired) electrons. The summed E-state index contributed by atoms with van der Waals surface area (Å²) in [5.74, 6) is -2.30. The largest absolute Gasteiger partial charge is 0.294 e. The van der Waals surface area contributed by atoms with Crippen LogP contribution < -0.4 is 0 Å². The molecule has 0 fully saturated rings. The van der Waals surface area contributed by atoms with E-state index in [2.05, 4.69) is 0 Å². The van der Waals surface area contributed by atoms with Crippen LogP contribution in [0.3, 0.4) is 0 Å². The van der Waals surface area contributed by atoms with Crippen LogP contribution in [0.25, 0.3) is 0 Å². The van der Waals surface area contributed by atoms with Crippen molar-refractivity contribution in [3.05, 3.63) is 23.8 Å². The zero-order valence-corrected chi connectivity index (χ0v) is 4.53. The fourth-order valence-corrected chi connectivity index (χ4v) is 0.553. The van der Waals surface area contributed by atoms with E-state index in [1.165, 1.54) is 0 Å². The van der Waals surface area contributed by atoms with Crippen LogP contribution in [0.1, 0.15) is 6.42 Å². The molecule has 0 aliphatic heterocycles. The summed E-state index contributed by atoms with van der Waals surface area (Å²) in [6.45, 7) is 0. The first-order valence-electron chi connectivity index (χ1n) is 2.45. The molecule has 0 aromatic heterocycles. The third-order valence-electron chi connectivity index (χ3n) is 1.00. The topological polar surface area (TPSA) is 17.1 Å². The maximum absolute atomic E-state index is 12.1. The smallest absolute Gasteiger partial charge is 0.162 e. The first-order chi connectivity index (χ1) is 4.20. The van der Waals surface area contributed by atoms with Crippen molar-refractivity contribution in [1.29, 1.82) is 0 Å². The predicted octanol–water partition coefficient (Wildman–Crippen LogP) is 1.67. The molecule has 0 bridgehead atoms. The van der Waals surface area contributed by atoms with Crippen LogP contribution in [0.5, 0.6) is 0 Å². The number of halogens is 2. The first-order valence-corrected chi connectivity index (χ1v) is 2.45. The van der Waals surface area contributed by atoms with E-state index < -0.39 is 23.9 Å². The zero-order valence-electron chi connectivity index (χ0n) is 4.53. The van der Waals surface area contributed by atoms with Crippen molar-refractivity contribution in [3.63, 3.8) is 0 Å². The van der Waals surface area contributed by atoms with Crippen molar-refractivity contribution in [2.75, 3.05) is 0 Å². The van der Waals surface area contributed by atoms with Crippen molar-refractivity contribution in [3.8, 4) is 0 Å². The number of ketones is 1. The van der Waals surface area contributed by atoms with Gasteiger partial charge in [0.05, 0.1) is 6.42 Å². The van der Waals surface area contributed by atoms with Crippen molar-refractivity contribution in [2.45, 2.75) is 6.42 Å². The van der Waals surface area contributed by atoms with Crippen LogP contribution in [-0.4, -0.2) is 5.78 Å². The van der Waals surface area contributed by atoms with E-state index in [9.17, 15) is 13.6 Å². The molecule has 0 aromatic rings. The fraction of sp³-hybridized carbons (Fsp3) is 0.167. The van der Waals surface area contributed by atoms with Crippen LogP contribution in [0.15, 0.2) is 23.8 Å². The molecule has 0 saturated carbocycles. The van der Waals surface area contributed by atoms with E-state index >= 15 is 0 Å². The van der Waals surface area contributed by atoms with E-state index in [1.807, 2.05) is 0 Å². The summed E-state index contributed by atoms with van der Waals surface area (Å²) < 4.78 is 24.1. The van der Waals surface area contributed by atoms with Crippen LogP contribution in [0, 0.1) is 0 Å². The minimum atomic E-state index is -0.970. The molecule has 3 heteroatoms. The molecular formula is C6H4F2O. The number of rotatable bonds is 0. The molecule has 0 aromatic carbocycles. The molecule has 0 N–H and O–H groups in total. The van der Waals surface area contributed by atoms with Gasteiger partial charge in [-0.25, -0.2) is 8.78 Å². The zero-order chi connectivity index (χ0) is 6.85. The summed E-state index contributed by atoms with van der Waals surface area (Å²) in [6.07, 6.45) is 1.43. The number of carbonyl (C=O) groups is 1. The van der Waals surface area contributed by atoms with Gasteiger partial charge in [-0.1, -0.05) is 0 Å². The van der Waals surface area contributed by atoms with Gasteiger partial charge in [0.15, 0.2) is 11.6 Å². The van der Waals surface area contributed by atoms with Gasteiger partial charge in [0.1, 0.15) is 5.83 Å². The van der Waals surface area contributed by atoms with Crippen LogP contribution in [0.2, 0.25) is 0 Å². The normalized spacial score (nSPS) is 19.1. The Morgan fingerprint density at radius 1 is 1.33 bits per heavy atom. The molecule has 9 heavy (non-hydrogen) atoms. The number of allylic oxidation sites excluding steroid dienone is 4. The lowest BCUT2D eigenvalue weighted by Crippen LogP contribution is -1.98. The summed E-state index contributed by atoms with van der Waals surface area (Å²) in [6, 6.07) is 0. The molecule has 0 heterocycles.